The standard InChI is InChI=1S/C22H24N4O3/c1-16(2)29-20-9-8-17(15-23)14-19(20)24-22(28)26-12-10-25(11-13-26)21(27)18-6-4-3-5-7-18/h3-9,14,16H,10-13H2,1-2H3,(H,24,28). The van der Waals surface area contributed by atoms with Crippen molar-refractivity contribution < 1.29 is 14.3 Å². The molecular formula is C22H24N4O3. The second kappa shape index (κ2) is 9.11. The van der Waals surface area contributed by atoms with Gasteiger partial charge < -0.3 is 19.9 Å². The third kappa shape index (κ3) is 5.05. The molecule has 0 unspecified atom stereocenters. The molecule has 0 atom stereocenters. The van der Waals surface area contributed by atoms with Gasteiger partial charge in [0.1, 0.15) is 5.75 Å². The second-order valence-electron chi connectivity index (χ2n) is 7.06. The van der Waals surface area contributed by atoms with Gasteiger partial charge in [-0.15, -0.1) is 0 Å². The number of amides is 3. The van der Waals surface area contributed by atoms with Crippen molar-refractivity contribution in [3.63, 3.8) is 0 Å². The quantitative estimate of drug-likeness (QED) is 0.865. The number of urea groups is 1. The van der Waals surface area contributed by atoms with E-state index >= 15 is 0 Å². The molecular weight excluding hydrogens is 368 g/mol. The predicted octanol–water partition coefficient (Wildman–Crippen LogP) is 3.34. The number of anilines is 1. The Hall–Kier alpha value is -3.53. The number of nitrogens with one attached hydrogen (secondary N) is 1. The summed E-state index contributed by atoms with van der Waals surface area (Å²) in [5.41, 5.74) is 1.55. The fourth-order valence-electron chi connectivity index (χ4n) is 3.12. The maximum Gasteiger partial charge on any atom is 0.322 e. The van der Waals surface area contributed by atoms with Crippen LogP contribution in [0.3, 0.4) is 0 Å². The molecule has 0 radical (unpaired) electrons. The third-order valence-corrected chi connectivity index (χ3v) is 4.59. The van der Waals surface area contributed by atoms with Gasteiger partial charge in [-0.1, -0.05) is 18.2 Å². The Kier molecular flexibility index (Phi) is 6.35. The first-order valence-corrected chi connectivity index (χ1v) is 9.59. The van der Waals surface area contributed by atoms with Crippen molar-refractivity contribution in [2.75, 3.05) is 31.5 Å². The minimum atomic E-state index is -0.277. The Morgan fingerprint density at radius 1 is 1.03 bits per heavy atom. The van der Waals surface area contributed by atoms with Crippen LogP contribution in [0, 0.1) is 11.3 Å². The van der Waals surface area contributed by atoms with Crippen molar-refractivity contribution in [3.8, 4) is 11.8 Å². The van der Waals surface area contributed by atoms with Gasteiger partial charge in [0, 0.05) is 31.7 Å². The molecule has 0 bridgehead atoms. The molecule has 1 aliphatic rings. The van der Waals surface area contributed by atoms with E-state index in [1.165, 1.54) is 0 Å². The molecule has 3 rings (SSSR count). The van der Waals surface area contributed by atoms with E-state index in [1.807, 2.05) is 32.0 Å². The molecule has 1 fully saturated rings. The maximum atomic E-state index is 12.7. The molecule has 0 aliphatic carbocycles. The first-order chi connectivity index (χ1) is 14.0. The van der Waals surface area contributed by atoms with Gasteiger partial charge in [-0.2, -0.15) is 5.26 Å². The highest BCUT2D eigenvalue weighted by Gasteiger charge is 2.25. The highest BCUT2D eigenvalue weighted by molar-refractivity contribution is 5.95. The lowest BCUT2D eigenvalue weighted by atomic mass is 10.2. The number of hydrogen-bond acceptors (Lipinski definition) is 4. The Labute approximate surface area is 170 Å². The van der Waals surface area contributed by atoms with Crippen LogP contribution in [-0.4, -0.2) is 54.0 Å². The van der Waals surface area contributed by atoms with Gasteiger partial charge in [0.15, 0.2) is 0 Å². The summed E-state index contributed by atoms with van der Waals surface area (Å²) in [5.74, 6) is 0.491. The Morgan fingerprint density at radius 3 is 2.31 bits per heavy atom. The van der Waals surface area contributed by atoms with Crippen LogP contribution in [0.15, 0.2) is 48.5 Å². The van der Waals surface area contributed by atoms with Crippen LogP contribution in [0.5, 0.6) is 5.75 Å². The molecule has 1 N–H and O–H groups in total. The second-order valence-corrected chi connectivity index (χ2v) is 7.06. The minimum absolute atomic E-state index is 0.0278. The van der Waals surface area contributed by atoms with E-state index in [4.69, 9.17) is 10.00 Å². The molecule has 0 saturated carbocycles. The lowest BCUT2D eigenvalue weighted by Gasteiger charge is -2.34. The fourth-order valence-corrected chi connectivity index (χ4v) is 3.12. The van der Waals surface area contributed by atoms with E-state index in [-0.39, 0.29) is 18.0 Å². The molecule has 150 valence electrons. The molecule has 7 nitrogen and oxygen atoms in total. The number of carbonyl (C=O) groups excluding carboxylic acids is 2. The highest BCUT2D eigenvalue weighted by Crippen LogP contribution is 2.27. The number of hydrogen-bond donors (Lipinski definition) is 1. The predicted molar refractivity (Wildman–Crippen MR) is 110 cm³/mol. The topological polar surface area (TPSA) is 85.7 Å². The van der Waals surface area contributed by atoms with Crippen molar-refractivity contribution >= 4 is 17.6 Å². The van der Waals surface area contributed by atoms with Crippen molar-refractivity contribution in [2.45, 2.75) is 20.0 Å². The summed E-state index contributed by atoms with van der Waals surface area (Å²) in [4.78, 5) is 28.7. The number of benzene rings is 2. The van der Waals surface area contributed by atoms with Crippen LogP contribution >= 0.6 is 0 Å². The number of piperazine rings is 1. The number of ether oxygens (including phenoxy) is 1. The Morgan fingerprint density at radius 2 is 1.69 bits per heavy atom. The molecule has 29 heavy (non-hydrogen) atoms. The molecule has 1 saturated heterocycles. The SMILES string of the molecule is CC(C)Oc1ccc(C#N)cc1NC(=O)N1CCN(C(=O)c2ccccc2)CC1. The van der Waals surface area contributed by atoms with Crippen LogP contribution in [0.25, 0.3) is 0 Å². The summed E-state index contributed by atoms with van der Waals surface area (Å²) in [5, 5.41) is 12.0. The monoisotopic (exact) mass is 392 g/mol. The van der Waals surface area contributed by atoms with Gasteiger partial charge in [0.25, 0.3) is 5.91 Å². The van der Waals surface area contributed by atoms with Crippen LogP contribution in [0.1, 0.15) is 29.8 Å². The maximum absolute atomic E-state index is 12.7. The number of carbonyl (C=O) groups is 2. The van der Waals surface area contributed by atoms with E-state index in [1.54, 1.807) is 40.1 Å². The van der Waals surface area contributed by atoms with Gasteiger partial charge in [0.05, 0.1) is 23.4 Å². The van der Waals surface area contributed by atoms with Gasteiger partial charge in [-0.3, -0.25) is 4.79 Å². The Bertz CT molecular complexity index is 913. The number of nitrogens with zero attached hydrogens (tertiary/aromatic N) is 3. The van der Waals surface area contributed by atoms with Gasteiger partial charge in [0.2, 0.25) is 0 Å². The zero-order valence-electron chi connectivity index (χ0n) is 16.6. The zero-order chi connectivity index (χ0) is 20.8. The fraction of sp³-hybridized carbons (Fsp3) is 0.318. The molecule has 1 heterocycles. The first-order valence-electron chi connectivity index (χ1n) is 9.59. The van der Waals surface area contributed by atoms with Gasteiger partial charge in [-0.25, -0.2) is 4.79 Å². The van der Waals surface area contributed by atoms with Crippen LogP contribution < -0.4 is 10.1 Å². The Balaban J connectivity index is 1.63. The summed E-state index contributed by atoms with van der Waals surface area (Å²) < 4.78 is 5.74. The van der Waals surface area contributed by atoms with Crippen LogP contribution in [0.2, 0.25) is 0 Å². The lowest BCUT2D eigenvalue weighted by Crippen LogP contribution is -2.51. The number of nitriles is 1. The molecule has 1 aliphatic heterocycles. The third-order valence-electron chi connectivity index (χ3n) is 4.59. The van der Waals surface area contributed by atoms with Gasteiger partial charge >= 0.3 is 6.03 Å². The van der Waals surface area contributed by atoms with Crippen molar-refractivity contribution in [3.05, 3.63) is 59.7 Å². The summed E-state index contributed by atoms with van der Waals surface area (Å²) in [6, 6.07) is 15.9. The molecule has 3 amide bonds. The summed E-state index contributed by atoms with van der Waals surface area (Å²) in [7, 11) is 0. The average Bonchev–Trinajstić information content (AvgIpc) is 2.74. The summed E-state index contributed by atoms with van der Waals surface area (Å²) in [6.07, 6.45) is -0.0638. The summed E-state index contributed by atoms with van der Waals surface area (Å²) >= 11 is 0. The largest absolute Gasteiger partial charge is 0.489 e. The van der Waals surface area contributed by atoms with Gasteiger partial charge in [-0.05, 0) is 44.2 Å². The lowest BCUT2D eigenvalue weighted by molar-refractivity contribution is 0.0671. The van der Waals surface area contributed by atoms with Crippen molar-refractivity contribution in [1.82, 2.24) is 9.80 Å². The molecule has 2 aromatic rings. The van der Waals surface area contributed by atoms with Crippen molar-refractivity contribution in [2.24, 2.45) is 0 Å². The molecule has 2 aromatic carbocycles. The first kappa shape index (κ1) is 20.2. The van der Waals surface area contributed by atoms with E-state index in [2.05, 4.69) is 11.4 Å². The minimum Gasteiger partial charge on any atom is -0.489 e. The number of rotatable bonds is 4. The van der Waals surface area contributed by atoms with E-state index in [0.29, 0.717) is 48.7 Å². The van der Waals surface area contributed by atoms with Crippen molar-refractivity contribution in [1.29, 1.82) is 5.26 Å². The molecule has 0 aromatic heterocycles. The molecule has 0 spiro atoms. The van der Waals surface area contributed by atoms with E-state index in [0.717, 1.165) is 0 Å². The smallest absolute Gasteiger partial charge is 0.322 e. The highest BCUT2D eigenvalue weighted by atomic mass is 16.5. The normalized spacial score (nSPS) is 13.7. The van der Waals surface area contributed by atoms with Crippen LogP contribution in [-0.2, 0) is 0 Å². The van der Waals surface area contributed by atoms with E-state index in [9.17, 15) is 9.59 Å². The molecule has 7 heteroatoms. The zero-order valence-corrected chi connectivity index (χ0v) is 16.6. The average molecular weight is 392 g/mol. The van der Waals surface area contributed by atoms with Crippen LogP contribution in [0.4, 0.5) is 10.5 Å². The van der Waals surface area contributed by atoms with E-state index < -0.39 is 0 Å². The summed E-state index contributed by atoms with van der Waals surface area (Å²) in [6.45, 7) is 5.59.